The molecule has 1 aromatic rings. The summed E-state index contributed by atoms with van der Waals surface area (Å²) in [6, 6.07) is 7.98. The van der Waals surface area contributed by atoms with Crippen LogP contribution in [0, 0.1) is 17.2 Å². The van der Waals surface area contributed by atoms with Crippen LogP contribution in [0.15, 0.2) is 18.2 Å². The van der Waals surface area contributed by atoms with Crippen LogP contribution >= 0.6 is 0 Å². The Hall–Kier alpha value is -1.82. The summed E-state index contributed by atoms with van der Waals surface area (Å²) in [4.78, 5) is 12.6. The van der Waals surface area contributed by atoms with Gasteiger partial charge < -0.3 is 4.74 Å². The molecule has 0 saturated heterocycles. The van der Waals surface area contributed by atoms with E-state index in [2.05, 4.69) is 13.0 Å². The van der Waals surface area contributed by atoms with Gasteiger partial charge in [-0.2, -0.15) is 5.26 Å². The molecule has 1 aliphatic carbocycles. The lowest BCUT2D eigenvalue weighted by Gasteiger charge is -2.17. The van der Waals surface area contributed by atoms with Crippen molar-refractivity contribution in [1.82, 2.24) is 0 Å². The third-order valence-electron chi connectivity index (χ3n) is 4.18. The molecule has 1 saturated carbocycles. The zero-order chi connectivity index (χ0) is 14.5. The lowest BCUT2D eigenvalue weighted by atomic mass is 9.86. The molecule has 0 spiro atoms. The number of ketones is 1. The van der Waals surface area contributed by atoms with Crippen LogP contribution in [0.5, 0.6) is 5.75 Å². The molecule has 1 atom stereocenters. The SMILES string of the molecule is CCc1ccc(OC)c(C(C#N)C(=O)C2CCCC2)c1. The average molecular weight is 271 g/mol. The van der Waals surface area contributed by atoms with Crippen molar-refractivity contribution in [1.29, 1.82) is 5.26 Å². The highest BCUT2D eigenvalue weighted by Gasteiger charge is 2.32. The van der Waals surface area contributed by atoms with Crippen molar-refractivity contribution in [2.45, 2.75) is 44.9 Å². The minimum atomic E-state index is -0.695. The summed E-state index contributed by atoms with van der Waals surface area (Å²) in [5.74, 6) is 0.0610. The van der Waals surface area contributed by atoms with E-state index in [1.807, 2.05) is 18.2 Å². The van der Waals surface area contributed by atoms with Gasteiger partial charge in [0.05, 0.1) is 13.2 Å². The van der Waals surface area contributed by atoms with E-state index in [1.54, 1.807) is 7.11 Å². The summed E-state index contributed by atoms with van der Waals surface area (Å²) >= 11 is 0. The molecule has 106 valence electrons. The van der Waals surface area contributed by atoms with Gasteiger partial charge in [0.25, 0.3) is 0 Å². The van der Waals surface area contributed by atoms with E-state index in [-0.39, 0.29) is 11.7 Å². The summed E-state index contributed by atoms with van der Waals surface area (Å²) in [7, 11) is 1.58. The van der Waals surface area contributed by atoms with Gasteiger partial charge in [-0.15, -0.1) is 0 Å². The smallest absolute Gasteiger partial charge is 0.157 e. The van der Waals surface area contributed by atoms with Gasteiger partial charge in [-0.25, -0.2) is 0 Å². The minimum Gasteiger partial charge on any atom is -0.496 e. The molecule has 1 unspecified atom stereocenters. The van der Waals surface area contributed by atoms with E-state index >= 15 is 0 Å². The maximum absolute atomic E-state index is 12.6. The topological polar surface area (TPSA) is 50.1 Å². The Kier molecular flexibility index (Phi) is 4.79. The van der Waals surface area contributed by atoms with Crippen molar-refractivity contribution >= 4 is 5.78 Å². The number of carbonyl (C=O) groups excluding carboxylic acids is 1. The molecule has 20 heavy (non-hydrogen) atoms. The number of hydrogen-bond donors (Lipinski definition) is 0. The Morgan fingerprint density at radius 1 is 1.45 bits per heavy atom. The van der Waals surface area contributed by atoms with Crippen LogP contribution in [0.25, 0.3) is 0 Å². The number of nitriles is 1. The predicted molar refractivity (Wildman–Crippen MR) is 77.7 cm³/mol. The highest BCUT2D eigenvalue weighted by molar-refractivity contribution is 5.91. The highest BCUT2D eigenvalue weighted by Crippen LogP contribution is 2.35. The maximum atomic E-state index is 12.6. The molecule has 0 aromatic heterocycles. The highest BCUT2D eigenvalue weighted by atomic mass is 16.5. The number of ether oxygens (including phenoxy) is 1. The molecule has 0 N–H and O–H groups in total. The second-order valence-corrected chi connectivity index (χ2v) is 5.38. The zero-order valence-corrected chi connectivity index (χ0v) is 12.2. The molecule has 0 aliphatic heterocycles. The van der Waals surface area contributed by atoms with Gasteiger partial charge in [0.2, 0.25) is 0 Å². The van der Waals surface area contributed by atoms with Gasteiger partial charge in [0, 0.05) is 11.5 Å². The van der Waals surface area contributed by atoms with Crippen molar-refractivity contribution < 1.29 is 9.53 Å². The molecule has 0 amide bonds. The molecule has 1 aromatic carbocycles. The lowest BCUT2D eigenvalue weighted by Crippen LogP contribution is -2.19. The molecule has 1 aliphatic rings. The van der Waals surface area contributed by atoms with Gasteiger partial charge in [-0.05, 0) is 30.9 Å². The van der Waals surface area contributed by atoms with Gasteiger partial charge in [-0.1, -0.05) is 31.9 Å². The number of hydrogen-bond acceptors (Lipinski definition) is 3. The summed E-state index contributed by atoms with van der Waals surface area (Å²) in [5, 5.41) is 9.47. The van der Waals surface area contributed by atoms with Gasteiger partial charge in [0.15, 0.2) is 5.78 Å². The zero-order valence-electron chi connectivity index (χ0n) is 12.2. The number of carbonyl (C=O) groups is 1. The van der Waals surface area contributed by atoms with Crippen LogP contribution in [0.4, 0.5) is 0 Å². The van der Waals surface area contributed by atoms with Gasteiger partial charge in [0.1, 0.15) is 11.7 Å². The Balaban J connectivity index is 2.35. The van der Waals surface area contributed by atoms with Crippen molar-refractivity contribution in [3.8, 4) is 11.8 Å². The first-order chi connectivity index (χ1) is 9.71. The summed E-state index contributed by atoms with van der Waals surface area (Å²) in [5.41, 5.74) is 1.85. The van der Waals surface area contributed by atoms with Crippen LogP contribution in [0.2, 0.25) is 0 Å². The molecule has 2 rings (SSSR count). The third-order valence-corrected chi connectivity index (χ3v) is 4.18. The standard InChI is InChI=1S/C17H21NO2/c1-3-12-8-9-16(20-2)14(10-12)15(11-18)17(19)13-6-4-5-7-13/h8-10,13,15H,3-7H2,1-2H3. The van der Waals surface area contributed by atoms with E-state index in [0.29, 0.717) is 5.75 Å². The van der Waals surface area contributed by atoms with E-state index in [1.165, 1.54) is 0 Å². The van der Waals surface area contributed by atoms with Gasteiger partial charge in [-0.3, -0.25) is 4.79 Å². The number of benzene rings is 1. The molecule has 3 nitrogen and oxygen atoms in total. The second kappa shape index (κ2) is 6.56. The van der Waals surface area contributed by atoms with Crippen LogP contribution in [0.1, 0.15) is 49.7 Å². The Morgan fingerprint density at radius 3 is 2.70 bits per heavy atom. The number of rotatable bonds is 5. The monoisotopic (exact) mass is 271 g/mol. The molecular formula is C17H21NO2. The average Bonchev–Trinajstić information content (AvgIpc) is 3.02. The number of Topliss-reactive ketones (excluding diaryl/α,β-unsaturated/α-hetero) is 1. The fourth-order valence-corrected chi connectivity index (χ4v) is 2.96. The van der Waals surface area contributed by atoms with Crippen molar-refractivity contribution in [3.63, 3.8) is 0 Å². The summed E-state index contributed by atoms with van der Waals surface area (Å²) in [6.07, 6.45) is 4.92. The molecule has 3 heteroatoms. The fraction of sp³-hybridized carbons (Fsp3) is 0.529. The van der Waals surface area contributed by atoms with Crippen molar-refractivity contribution in [2.75, 3.05) is 7.11 Å². The molecule has 0 radical (unpaired) electrons. The van der Waals surface area contributed by atoms with Crippen LogP contribution in [-0.4, -0.2) is 12.9 Å². The van der Waals surface area contributed by atoms with E-state index in [0.717, 1.165) is 43.2 Å². The Morgan fingerprint density at radius 2 is 2.15 bits per heavy atom. The predicted octanol–water partition coefficient (Wildman–Crippen LogP) is 3.62. The largest absolute Gasteiger partial charge is 0.496 e. The maximum Gasteiger partial charge on any atom is 0.157 e. The van der Waals surface area contributed by atoms with E-state index in [9.17, 15) is 10.1 Å². The summed E-state index contributed by atoms with van der Waals surface area (Å²) in [6.45, 7) is 2.06. The van der Waals surface area contributed by atoms with Crippen molar-refractivity contribution in [3.05, 3.63) is 29.3 Å². The first kappa shape index (κ1) is 14.6. The van der Waals surface area contributed by atoms with Crippen LogP contribution in [0.3, 0.4) is 0 Å². The lowest BCUT2D eigenvalue weighted by molar-refractivity contribution is -0.123. The second-order valence-electron chi connectivity index (χ2n) is 5.38. The first-order valence-electron chi connectivity index (χ1n) is 7.31. The normalized spacial score (nSPS) is 16.6. The van der Waals surface area contributed by atoms with E-state index in [4.69, 9.17) is 4.74 Å². The molecule has 1 fully saturated rings. The Bertz CT molecular complexity index is 524. The van der Waals surface area contributed by atoms with Crippen LogP contribution < -0.4 is 4.74 Å². The number of methoxy groups -OCH3 is 1. The number of aryl methyl sites for hydroxylation is 1. The fourth-order valence-electron chi connectivity index (χ4n) is 2.96. The van der Waals surface area contributed by atoms with Crippen LogP contribution in [-0.2, 0) is 11.2 Å². The minimum absolute atomic E-state index is 0.0506. The number of nitrogens with zero attached hydrogens (tertiary/aromatic N) is 1. The summed E-state index contributed by atoms with van der Waals surface area (Å²) < 4.78 is 5.34. The van der Waals surface area contributed by atoms with Gasteiger partial charge >= 0.3 is 0 Å². The van der Waals surface area contributed by atoms with E-state index < -0.39 is 5.92 Å². The molecule has 0 heterocycles. The Labute approximate surface area is 120 Å². The quantitative estimate of drug-likeness (QED) is 0.821. The molecule has 0 bridgehead atoms. The molecular weight excluding hydrogens is 250 g/mol. The third kappa shape index (κ3) is 2.85. The van der Waals surface area contributed by atoms with Crippen molar-refractivity contribution in [2.24, 2.45) is 5.92 Å². The first-order valence-corrected chi connectivity index (χ1v) is 7.31.